The molecule has 56 valence electrons. The third kappa shape index (κ3) is 1.87. The summed E-state index contributed by atoms with van der Waals surface area (Å²) in [7, 11) is 0. The summed E-state index contributed by atoms with van der Waals surface area (Å²) in [5.74, 6) is 0.338. The summed E-state index contributed by atoms with van der Waals surface area (Å²) in [4.78, 5) is 12.1. The van der Waals surface area contributed by atoms with E-state index in [2.05, 4.69) is 6.08 Å². The number of allylic oxidation sites excluding steroid dienone is 2. The maximum absolute atomic E-state index is 11.2. The molecule has 1 aliphatic carbocycles. The molecule has 0 N–H and O–H groups in total. The molecule has 0 saturated carbocycles. The number of thioether (sulfide) groups is 1. The van der Waals surface area contributed by atoms with E-state index in [4.69, 9.17) is 0 Å². The van der Waals surface area contributed by atoms with Crippen molar-refractivity contribution in [2.75, 3.05) is 6.26 Å². The lowest BCUT2D eigenvalue weighted by molar-refractivity contribution is -0.114. The smallest absolute Gasteiger partial charge is 0.168 e. The first-order chi connectivity index (χ1) is 4.84. The van der Waals surface area contributed by atoms with Crippen LogP contribution in [0.2, 0.25) is 0 Å². The van der Waals surface area contributed by atoms with Gasteiger partial charge in [0.05, 0.1) is 0 Å². The van der Waals surface area contributed by atoms with E-state index in [0.717, 1.165) is 24.2 Å². The highest BCUT2D eigenvalue weighted by Gasteiger charge is 2.09. The van der Waals surface area contributed by atoms with Crippen LogP contribution in [0, 0.1) is 0 Å². The van der Waals surface area contributed by atoms with Crippen LogP contribution in [-0.2, 0) is 4.79 Å². The lowest BCUT2D eigenvalue weighted by Gasteiger charge is -1.96. The van der Waals surface area contributed by atoms with E-state index in [9.17, 15) is 4.79 Å². The standard InChI is InChI=1S/C8H12OS/c1-10-8-6-4-2-3-5-7(8)9/h6H,2-5H2,1H3. The minimum absolute atomic E-state index is 0.338. The molecule has 0 aromatic rings. The average Bonchev–Trinajstić information content (AvgIpc) is 2.13. The van der Waals surface area contributed by atoms with E-state index in [1.54, 1.807) is 11.8 Å². The zero-order chi connectivity index (χ0) is 7.40. The van der Waals surface area contributed by atoms with Crippen LogP contribution in [0.15, 0.2) is 11.0 Å². The maximum Gasteiger partial charge on any atom is 0.168 e. The molecule has 0 saturated heterocycles. The normalized spacial score (nSPS) is 20.1. The monoisotopic (exact) mass is 156 g/mol. The first-order valence-electron chi connectivity index (χ1n) is 3.62. The van der Waals surface area contributed by atoms with Gasteiger partial charge in [-0.25, -0.2) is 0 Å². The minimum atomic E-state index is 0.338. The Morgan fingerprint density at radius 1 is 1.50 bits per heavy atom. The summed E-state index contributed by atoms with van der Waals surface area (Å²) < 4.78 is 0. The molecule has 0 unspecified atom stereocenters. The van der Waals surface area contributed by atoms with Crippen LogP contribution < -0.4 is 0 Å². The second-order valence-electron chi connectivity index (χ2n) is 2.44. The Morgan fingerprint density at radius 3 is 3.00 bits per heavy atom. The summed E-state index contributed by atoms with van der Waals surface area (Å²) in [6, 6.07) is 0. The highest BCUT2D eigenvalue weighted by molar-refractivity contribution is 8.03. The molecular formula is C8H12OS. The van der Waals surface area contributed by atoms with Gasteiger partial charge in [0.2, 0.25) is 0 Å². The minimum Gasteiger partial charge on any atom is -0.294 e. The molecule has 0 aromatic carbocycles. The fourth-order valence-electron chi connectivity index (χ4n) is 1.10. The number of Topliss-reactive ketones (excluding diaryl/α,β-unsaturated/α-hetero) is 1. The molecular weight excluding hydrogens is 144 g/mol. The first-order valence-corrected chi connectivity index (χ1v) is 4.84. The topological polar surface area (TPSA) is 17.1 Å². The Bertz CT molecular complexity index is 161. The third-order valence-electron chi connectivity index (χ3n) is 1.68. The van der Waals surface area contributed by atoms with Crippen molar-refractivity contribution in [2.45, 2.75) is 25.7 Å². The van der Waals surface area contributed by atoms with E-state index in [1.807, 2.05) is 6.26 Å². The van der Waals surface area contributed by atoms with Gasteiger partial charge in [-0.2, -0.15) is 0 Å². The Kier molecular flexibility index (Phi) is 3.00. The number of rotatable bonds is 1. The van der Waals surface area contributed by atoms with Crippen molar-refractivity contribution in [1.29, 1.82) is 0 Å². The van der Waals surface area contributed by atoms with Crippen molar-refractivity contribution in [3.8, 4) is 0 Å². The second kappa shape index (κ2) is 3.81. The van der Waals surface area contributed by atoms with Crippen LogP contribution in [0.25, 0.3) is 0 Å². The number of hydrogen-bond acceptors (Lipinski definition) is 2. The molecule has 0 heterocycles. The quantitative estimate of drug-likeness (QED) is 0.579. The molecule has 0 aliphatic heterocycles. The van der Waals surface area contributed by atoms with Crippen LogP contribution in [0.4, 0.5) is 0 Å². The lowest BCUT2D eigenvalue weighted by atomic mass is 10.2. The van der Waals surface area contributed by atoms with Gasteiger partial charge in [0, 0.05) is 11.3 Å². The van der Waals surface area contributed by atoms with Crippen molar-refractivity contribution < 1.29 is 4.79 Å². The van der Waals surface area contributed by atoms with Gasteiger partial charge in [-0.1, -0.05) is 6.08 Å². The molecule has 1 rings (SSSR count). The van der Waals surface area contributed by atoms with Gasteiger partial charge in [0.25, 0.3) is 0 Å². The highest BCUT2D eigenvalue weighted by atomic mass is 32.2. The molecule has 0 amide bonds. The summed E-state index contributed by atoms with van der Waals surface area (Å²) in [5.41, 5.74) is 0. The summed E-state index contributed by atoms with van der Waals surface area (Å²) in [6.45, 7) is 0. The van der Waals surface area contributed by atoms with Crippen LogP contribution in [0.1, 0.15) is 25.7 Å². The average molecular weight is 156 g/mol. The molecule has 0 aromatic heterocycles. The summed E-state index contributed by atoms with van der Waals surface area (Å²) in [6.07, 6.45) is 8.12. The molecule has 0 atom stereocenters. The van der Waals surface area contributed by atoms with Crippen molar-refractivity contribution in [1.82, 2.24) is 0 Å². The van der Waals surface area contributed by atoms with Gasteiger partial charge in [-0.05, 0) is 25.5 Å². The molecule has 1 aliphatic rings. The van der Waals surface area contributed by atoms with Crippen molar-refractivity contribution in [3.05, 3.63) is 11.0 Å². The summed E-state index contributed by atoms with van der Waals surface area (Å²) >= 11 is 1.58. The predicted molar refractivity (Wildman–Crippen MR) is 45.1 cm³/mol. The van der Waals surface area contributed by atoms with Crippen LogP contribution >= 0.6 is 11.8 Å². The number of hydrogen-bond donors (Lipinski definition) is 0. The molecule has 1 nitrogen and oxygen atoms in total. The Balaban J connectivity index is 2.62. The first kappa shape index (κ1) is 7.86. The second-order valence-corrected chi connectivity index (χ2v) is 3.29. The Hall–Kier alpha value is -0.240. The van der Waals surface area contributed by atoms with E-state index >= 15 is 0 Å². The van der Waals surface area contributed by atoms with Crippen LogP contribution in [-0.4, -0.2) is 12.0 Å². The third-order valence-corrected chi connectivity index (χ3v) is 2.52. The van der Waals surface area contributed by atoms with E-state index < -0.39 is 0 Å². The SMILES string of the molecule is CSC1=CCCCCC1=O. The Morgan fingerprint density at radius 2 is 2.30 bits per heavy atom. The van der Waals surface area contributed by atoms with Crippen molar-refractivity contribution >= 4 is 17.5 Å². The molecule has 0 fully saturated rings. The van der Waals surface area contributed by atoms with Gasteiger partial charge < -0.3 is 0 Å². The van der Waals surface area contributed by atoms with Gasteiger partial charge >= 0.3 is 0 Å². The molecule has 0 spiro atoms. The van der Waals surface area contributed by atoms with Crippen LogP contribution in [0.5, 0.6) is 0 Å². The predicted octanol–water partition coefficient (Wildman–Crippen LogP) is 2.38. The fourth-order valence-corrected chi connectivity index (χ4v) is 1.71. The number of carbonyl (C=O) groups excluding carboxylic acids is 1. The zero-order valence-corrected chi connectivity index (χ0v) is 7.04. The largest absolute Gasteiger partial charge is 0.294 e. The maximum atomic E-state index is 11.2. The lowest BCUT2D eigenvalue weighted by Crippen LogP contribution is -1.95. The molecule has 2 heteroatoms. The Labute approximate surface area is 65.9 Å². The molecule has 10 heavy (non-hydrogen) atoms. The van der Waals surface area contributed by atoms with Gasteiger partial charge in [-0.15, -0.1) is 11.8 Å². The van der Waals surface area contributed by atoms with Gasteiger partial charge in [-0.3, -0.25) is 4.79 Å². The highest BCUT2D eigenvalue weighted by Crippen LogP contribution is 2.21. The van der Waals surface area contributed by atoms with Crippen LogP contribution in [0.3, 0.4) is 0 Å². The molecule has 0 radical (unpaired) electrons. The number of ketones is 1. The van der Waals surface area contributed by atoms with Crippen molar-refractivity contribution in [3.63, 3.8) is 0 Å². The van der Waals surface area contributed by atoms with Gasteiger partial charge in [0.1, 0.15) is 0 Å². The van der Waals surface area contributed by atoms with Crippen molar-refractivity contribution in [2.24, 2.45) is 0 Å². The fraction of sp³-hybridized carbons (Fsp3) is 0.625. The van der Waals surface area contributed by atoms with Gasteiger partial charge in [0.15, 0.2) is 5.78 Å². The van der Waals surface area contributed by atoms with E-state index in [-0.39, 0.29) is 0 Å². The van der Waals surface area contributed by atoms with E-state index in [1.165, 1.54) is 6.42 Å². The van der Waals surface area contributed by atoms with E-state index in [0.29, 0.717) is 5.78 Å². The summed E-state index contributed by atoms with van der Waals surface area (Å²) in [5, 5.41) is 0. The molecule has 0 bridgehead atoms. The number of carbonyl (C=O) groups is 1. The zero-order valence-electron chi connectivity index (χ0n) is 6.22.